The third-order valence-corrected chi connectivity index (χ3v) is 3.55. The number of nitrogens with one attached hydrogen (secondary N) is 2. The van der Waals surface area contributed by atoms with Gasteiger partial charge in [0.05, 0.1) is 12.8 Å². The van der Waals surface area contributed by atoms with E-state index in [2.05, 4.69) is 15.3 Å². The zero-order valence-electron chi connectivity index (χ0n) is 11.8. The first kappa shape index (κ1) is 14.4. The molecule has 1 fully saturated rings. The van der Waals surface area contributed by atoms with Crippen molar-refractivity contribution in [1.29, 1.82) is 5.26 Å². The van der Waals surface area contributed by atoms with Crippen molar-refractivity contribution in [3.8, 4) is 23.1 Å². The molecule has 1 aliphatic carbocycles. The van der Waals surface area contributed by atoms with Crippen LogP contribution in [0, 0.1) is 11.3 Å². The second-order valence-corrected chi connectivity index (χ2v) is 5.48. The van der Waals surface area contributed by atoms with Gasteiger partial charge in [0.2, 0.25) is 5.95 Å². The smallest absolute Gasteiger partial charge is 0.270 e. The normalized spacial score (nSPS) is 13.5. The molecule has 7 heteroatoms. The molecule has 3 rings (SSSR count). The molecule has 0 saturated heterocycles. The van der Waals surface area contributed by atoms with Gasteiger partial charge < -0.3 is 10.1 Å². The van der Waals surface area contributed by atoms with Crippen LogP contribution in [-0.2, 0) is 0 Å². The standard InChI is InChI=1S/C15H13ClN4O2/c1-22-11-5-8(4-9(16)6-11)13-12(7-17)14(21)20-15(19-13)18-10-2-3-10/h4-6,10H,2-3H2,1H3,(H2,18,19,20,21). The molecular weight excluding hydrogens is 304 g/mol. The van der Waals surface area contributed by atoms with E-state index in [1.807, 2.05) is 6.07 Å². The highest BCUT2D eigenvalue weighted by molar-refractivity contribution is 6.31. The minimum atomic E-state index is -0.477. The maximum absolute atomic E-state index is 12.1. The summed E-state index contributed by atoms with van der Waals surface area (Å²) in [7, 11) is 1.52. The summed E-state index contributed by atoms with van der Waals surface area (Å²) < 4.78 is 5.17. The van der Waals surface area contributed by atoms with Crippen LogP contribution in [0.25, 0.3) is 11.3 Å². The monoisotopic (exact) mass is 316 g/mol. The number of aromatic amines is 1. The second kappa shape index (κ2) is 5.70. The zero-order chi connectivity index (χ0) is 15.7. The summed E-state index contributed by atoms with van der Waals surface area (Å²) in [6.07, 6.45) is 2.09. The Hall–Kier alpha value is -2.52. The SMILES string of the molecule is COc1cc(Cl)cc(-c2nc(NC3CC3)[nH]c(=O)c2C#N)c1. The Morgan fingerprint density at radius 3 is 2.86 bits per heavy atom. The van der Waals surface area contributed by atoms with Gasteiger partial charge >= 0.3 is 0 Å². The number of hydrogen-bond acceptors (Lipinski definition) is 5. The van der Waals surface area contributed by atoms with E-state index in [0.717, 1.165) is 12.8 Å². The molecule has 1 aromatic heterocycles. The van der Waals surface area contributed by atoms with E-state index >= 15 is 0 Å². The molecule has 0 spiro atoms. The molecular formula is C15H13ClN4O2. The Balaban J connectivity index is 2.15. The van der Waals surface area contributed by atoms with Gasteiger partial charge in [0.1, 0.15) is 17.4 Å². The predicted molar refractivity (Wildman–Crippen MR) is 83.2 cm³/mol. The number of nitriles is 1. The van der Waals surface area contributed by atoms with Crippen molar-refractivity contribution in [3.63, 3.8) is 0 Å². The van der Waals surface area contributed by atoms with Crippen LogP contribution < -0.4 is 15.6 Å². The first-order valence-corrected chi connectivity index (χ1v) is 7.14. The third kappa shape index (κ3) is 2.90. The van der Waals surface area contributed by atoms with Crippen LogP contribution >= 0.6 is 11.6 Å². The Bertz CT molecular complexity index is 821. The summed E-state index contributed by atoms with van der Waals surface area (Å²) >= 11 is 6.06. The van der Waals surface area contributed by atoms with E-state index in [-0.39, 0.29) is 11.3 Å². The van der Waals surface area contributed by atoms with E-state index in [0.29, 0.717) is 28.3 Å². The van der Waals surface area contributed by atoms with E-state index < -0.39 is 5.56 Å². The number of nitrogens with zero attached hydrogens (tertiary/aromatic N) is 2. The number of ether oxygens (including phenoxy) is 1. The Kier molecular flexibility index (Phi) is 3.73. The van der Waals surface area contributed by atoms with Crippen LogP contribution in [0.3, 0.4) is 0 Å². The molecule has 0 bridgehead atoms. The number of rotatable bonds is 4. The summed E-state index contributed by atoms with van der Waals surface area (Å²) in [5.74, 6) is 0.894. The number of aromatic nitrogens is 2. The van der Waals surface area contributed by atoms with Gasteiger partial charge in [-0.2, -0.15) is 5.26 Å². The molecule has 22 heavy (non-hydrogen) atoms. The molecule has 0 aliphatic heterocycles. The van der Waals surface area contributed by atoms with Gasteiger partial charge in [-0.3, -0.25) is 9.78 Å². The minimum absolute atomic E-state index is 0.0503. The lowest BCUT2D eigenvalue weighted by molar-refractivity contribution is 0.415. The molecule has 0 unspecified atom stereocenters. The summed E-state index contributed by atoms with van der Waals surface area (Å²) in [6.45, 7) is 0. The molecule has 6 nitrogen and oxygen atoms in total. The molecule has 1 heterocycles. The van der Waals surface area contributed by atoms with Gasteiger partial charge in [-0.1, -0.05) is 11.6 Å². The average molecular weight is 317 g/mol. The van der Waals surface area contributed by atoms with Gasteiger partial charge in [-0.05, 0) is 31.0 Å². The maximum Gasteiger partial charge on any atom is 0.270 e. The van der Waals surface area contributed by atoms with Crippen molar-refractivity contribution < 1.29 is 4.74 Å². The fourth-order valence-electron chi connectivity index (χ4n) is 2.09. The minimum Gasteiger partial charge on any atom is -0.497 e. The summed E-state index contributed by atoms with van der Waals surface area (Å²) in [5, 5.41) is 12.8. The molecule has 0 atom stereocenters. The number of H-pyrrole nitrogens is 1. The van der Waals surface area contributed by atoms with Crippen LogP contribution in [0.4, 0.5) is 5.95 Å². The summed E-state index contributed by atoms with van der Waals surface area (Å²) in [4.78, 5) is 19.0. The summed E-state index contributed by atoms with van der Waals surface area (Å²) in [5.41, 5.74) is 0.321. The molecule has 0 radical (unpaired) electrons. The Morgan fingerprint density at radius 2 is 2.23 bits per heavy atom. The van der Waals surface area contributed by atoms with Crippen molar-refractivity contribution in [1.82, 2.24) is 9.97 Å². The number of halogens is 1. The second-order valence-electron chi connectivity index (χ2n) is 5.05. The zero-order valence-corrected chi connectivity index (χ0v) is 12.6. The maximum atomic E-state index is 12.1. The molecule has 0 amide bonds. The molecule has 1 aromatic carbocycles. The van der Waals surface area contributed by atoms with Crippen LogP contribution in [0.2, 0.25) is 5.02 Å². The van der Waals surface area contributed by atoms with Crippen molar-refractivity contribution in [2.75, 3.05) is 12.4 Å². The van der Waals surface area contributed by atoms with Crippen molar-refractivity contribution in [3.05, 3.63) is 39.1 Å². The van der Waals surface area contributed by atoms with Crippen molar-refractivity contribution >= 4 is 17.5 Å². The highest BCUT2D eigenvalue weighted by atomic mass is 35.5. The highest BCUT2D eigenvalue weighted by Crippen LogP contribution is 2.29. The number of benzene rings is 1. The fourth-order valence-corrected chi connectivity index (χ4v) is 2.32. The van der Waals surface area contributed by atoms with Crippen LogP contribution in [0.5, 0.6) is 5.75 Å². The quantitative estimate of drug-likeness (QED) is 0.904. The fraction of sp³-hybridized carbons (Fsp3) is 0.267. The molecule has 112 valence electrons. The topological polar surface area (TPSA) is 90.8 Å². The first-order valence-electron chi connectivity index (χ1n) is 6.76. The highest BCUT2D eigenvalue weighted by Gasteiger charge is 2.23. The van der Waals surface area contributed by atoms with Crippen molar-refractivity contribution in [2.45, 2.75) is 18.9 Å². The molecule has 2 N–H and O–H groups in total. The Morgan fingerprint density at radius 1 is 1.45 bits per heavy atom. The number of anilines is 1. The van der Waals surface area contributed by atoms with Crippen LogP contribution in [-0.4, -0.2) is 23.1 Å². The predicted octanol–water partition coefficient (Wildman–Crippen LogP) is 2.54. The lowest BCUT2D eigenvalue weighted by Crippen LogP contribution is -2.18. The van der Waals surface area contributed by atoms with Gasteiger partial charge in [-0.15, -0.1) is 0 Å². The number of methoxy groups -OCH3 is 1. The summed E-state index contributed by atoms with van der Waals surface area (Å²) in [6, 6.07) is 7.21. The lowest BCUT2D eigenvalue weighted by Gasteiger charge is -2.09. The van der Waals surface area contributed by atoms with E-state index in [9.17, 15) is 10.1 Å². The number of hydrogen-bond donors (Lipinski definition) is 2. The van der Waals surface area contributed by atoms with Gasteiger partial charge in [0, 0.05) is 16.6 Å². The molecule has 1 saturated carbocycles. The van der Waals surface area contributed by atoms with Crippen LogP contribution in [0.1, 0.15) is 18.4 Å². The average Bonchev–Trinajstić information content (AvgIpc) is 3.30. The first-order chi connectivity index (χ1) is 10.6. The van der Waals surface area contributed by atoms with Gasteiger partial charge in [0.25, 0.3) is 5.56 Å². The van der Waals surface area contributed by atoms with Crippen molar-refractivity contribution in [2.24, 2.45) is 0 Å². The third-order valence-electron chi connectivity index (χ3n) is 3.33. The molecule has 1 aliphatic rings. The lowest BCUT2D eigenvalue weighted by atomic mass is 10.1. The van der Waals surface area contributed by atoms with E-state index in [1.54, 1.807) is 18.2 Å². The van der Waals surface area contributed by atoms with Gasteiger partial charge in [-0.25, -0.2) is 4.98 Å². The molecule has 2 aromatic rings. The van der Waals surface area contributed by atoms with Gasteiger partial charge in [0.15, 0.2) is 0 Å². The Labute approximate surface area is 131 Å². The van der Waals surface area contributed by atoms with E-state index in [4.69, 9.17) is 16.3 Å². The largest absolute Gasteiger partial charge is 0.497 e. The van der Waals surface area contributed by atoms with E-state index in [1.165, 1.54) is 7.11 Å². The van der Waals surface area contributed by atoms with Crippen LogP contribution in [0.15, 0.2) is 23.0 Å².